The molecule has 1 amide bonds. The van der Waals surface area contributed by atoms with Crippen LogP contribution in [-0.4, -0.2) is 56.7 Å². The molecule has 0 unspecified atom stereocenters. The van der Waals surface area contributed by atoms with E-state index in [4.69, 9.17) is 0 Å². The Morgan fingerprint density at radius 2 is 1.83 bits per heavy atom. The first-order valence-electron chi connectivity index (χ1n) is 11.3. The molecule has 0 aliphatic heterocycles. The average molecular weight is 490 g/mol. The van der Waals surface area contributed by atoms with Crippen LogP contribution in [0.25, 0.3) is 5.82 Å². The van der Waals surface area contributed by atoms with Crippen molar-refractivity contribution in [3.8, 4) is 5.82 Å². The van der Waals surface area contributed by atoms with Crippen LogP contribution >= 0.6 is 0 Å². The van der Waals surface area contributed by atoms with Crippen molar-refractivity contribution in [3.63, 3.8) is 0 Å². The van der Waals surface area contributed by atoms with Gasteiger partial charge in [-0.3, -0.25) is 4.79 Å². The van der Waals surface area contributed by atoms with Crippen molar-refractivity contribution in [2.24, 2.45) is 0 Å². The molecule has 186 valence electrons. The molecule has 0 fully saturated rings. The van der Waals surface area contributed by atoms with E-state index in [-0.39, 0.29) is 5.91 Å². The van der Waals surface area contributed by atoms with Crippen LogP contribution < -0.4 is 16.0 Å². The molecule has 11 heteroatoms. The smallest absolute Gasteiger partial charge is 0.255 e. The largest absolute Gasteiger partial charge is 0.373 e. The van der Waals surface area contributed by atoms with Gasteiger partial charge in [0.25, 0.3) is 5.91 Å². The second-order valence-corrected chi connectivity index (χ2v) is 8.53. The van der Waals surface area contributed by atoms with Crippen LogP contribution in [0, 0.1) is 6.92 Å². The van der Waals surface area contributed by atoms with Gasteiger partial charge in [0.15, 0.2) is 5.82 Å². The first kappa shape index (κ1) is 24.7. The molecule has 36 heavy (non-hydrogen) atoms. The molecule has 0 saturated heterocycles. The third-order valence-electron chi connectivity index (χ3n) is 5.38. The molecule has 2 heterocycles. The monoisotopic (exact) mass is 489 g/mol. The molecule has 0 bridgehead atoms. The van der Waals surface area contributed by atoms with Gasteiger partial charge in [-0.1, -0.05) is 12.1 Å². The minimum absolute atomic E-state index is 0.305. The molecular weight excluding hydrogens is 461 g/mol. The predicted molar refractivity (Wildman–Crippen MR) is 138 cm³/mol. The van der Waals surface area contributed by atoms with Gasteiger partial charge >= 0.3 is 0 Å². The van der Waals surface area contributed by atoms with E-state index in [9.17, 15) is 9.18 Å². The highest BCUT2D eigenvalue weighted by Crippen LogP contribution is 2.24. The van der Waals surface area contributed by atoms with E-state index >= 15 is 0 Å². The predicted octanol–water partition coefficient (Wildman–Crippen LogP) is 3.93. The summed E-state index contributed by atoms with van der Waals surface area (Å²) in [5.74, 6) is 1.30. The number of carbonyl (C=O) groups is 1. The highest BCUT2D eigenvalue weighted by atomic mass is 19.1. The summed E-state index contributed by atoms with van der Waals surface area (Å²) in [4.78, 5) is 27.7. The molecule has 10 nitrogen and oxygen atoms in total. The molecule has 4 rings (SSSR count). The highest BCUT2D eigenvalue weighted by Gasteiger charge is 2.14. The van der Waals surface area contributed by atoms with Crippen molar-refractivity contribution in [2.75, 3.05) is 37.1 Å². The van der Waals surface area contributed by atoms with Gasteiger partial charge in [-0.15, -0.1) is 0 Å². The molecule has 0 saturated carbocycles. The number of benzene rings is 2. The van der Waals surface area contributed by atoms with Gasteiger partial charge < -0.3 is 20.9 Å². The van der Waals surface area contributed by atoms with Crippen LogP contribution in [0.15, 0.2) is 55.1 Å². The van der Waals surface area contributed by atoms with Crippen LogP contribution in [0.2, 0.25) is 0 Å². The molecule has 0 atom stereocenters. The third-order valence-corrected chi connectivity index (χ3v) is 5.38. The quantitative estimate of drug-likeness (QED) is 0.324. The Hall–Kier alpha value is -4.38. The summed E-state index contributed by atoms with van der Waals surface area (Å²) in [6, 6.07) is 12.4. The third kappa shape index (κ3) is 5.81. The number of nitrogens with zero attached hydrogens (tertiary/aromatic N) is 6. The summed E-state index contributed by atoms with van der Waals surface area (Å²) in [6.07, 6.45) is 2.85. The van der Waals surface area contributed by atoms with Crippen molar-refractivity contribution in [1.82, 2.24) is 29.6 Å². The van der Waals surface area contributed by atoms with Crippen molar-refractivity contribution in [3.05, 3.63) is 77.4 Å². The second kappa shape index (κ2) is 10.9. The summed E-state index contributed by atoms with van der Waals surface area (Å²) >= 11 is 0. The molecule has 0 aliphatic rings. The molecule has 2 aromatic heterocycles. The Morgan fingerprint density at radius 3 is 2.58 bits per heavy atom. The summed E-state index contributed by atoms with van der Waals surface area (Å²) in [6.45, 7) is 1.95. The van der Waals surface area contributed by atoms with E-state index in [1.807, 2.05) is 38.1 Å². The Morgan fingerprint density at radius 1 is 1.03 bits per heavy atom. The topological polar surface area (TPSA) is 113 Å². The van der Waals surface area contributed by atoms with E-state index in [1.54, 1.807) is 42.1 Å². The Balaban J connectivity index is 1.57. The highest BCUT2D eigenvalue weighted by molar-refractivity contribution is 6.05. The molecule has 2 aromatic carbocycles. The SMILES string of the molecule is CNc1cc(-n2ncnc2Nc2cc(C(=O)Nc3cc(CF)cc(CN(C)C)c3)ccc2C)ncn1. The normalized spacial score (nSPS) is 10.9. The number of nitrogens with one attached hydrogen (secondary N) is 3. The van der Waals surface area contributed by atoms with E-state index in [2.05, 4.69) is 36.0 Å². The van der Waals surface area contributed by atoms with E-state index < -0.39 is 6.67 Å². The number of anilines is 4. The molecular formula is C25H28FN9O. The average Bonchev–Trinajstić information content (AvgIpc) is 3.33. The number of aromatic nitrogens is 5. The van der Waals surface area contributed by atoms with Crippen LogP contribution in [0.1, 0.15) is 27.0 Å². The lowest BCUT2D eigenvalue weighted by atomic mass is 10.1. The van der Waals surface area contributed by atoms with Crippen LogP contribution in [-0.2, 0) is 13.2 Å². The zero-order valence-corrected chi connectivity index (χ0v) is 20.6. The maximum Gasteiger partial charge on any atom is 0.255 e. The van der Waals surface area contributed by atoms with Gasteiger partial charge in [-0.25, -0.2) is 14.4 Å². The van der Waals surface area contributed by atoms with Gasteiger partial charge in [0.05, 0.1) is 0 Å². The Bertz CT molecular complexity index is 1370. The van der Waals surface area contributed by atoms with Crippen molar-refractivity contribution in [2.45, 2.75) is 20.1 Å². The van der Waals surface area contributed by atoms with Crippen LogP contribution in [0.4, 0.5) is 27.5 Å². The number of aryl methyl sites for hydroxylation is 1. The van der Waals surface area contributed by atoms with Crippen LogP contribution in [0.5, 0.6) is 0 Å². The number of hydrogen-bond donors (Lipinski definition) is 3. The minimum Gasteiger partial charge on any atom is -0.373 e. The van der Waals surface area contributed by atoms with Gasteiger partial charge in [0, 0.05) is 36.6 Å². The number of halogens is 1. The molecule has 0 aliphatic carbocycles. The first-order valence-corrected chi connectivity index (χ1v) is 11.3. The molecule has 3 N–H and O–H groups in total. The van der Waals surface area contributed by atoms with Gasteiger partial charge in [-0.05, 0) is 62.0 Å². The Labute approximate surface area is 208 Å². The van der Waals surface area contributed by atoms with E-state index in [1.165, 1.54) is 12.7 Å². The number of amides is 1. The van der Waals surface area contributed by atoms with Crippen molar-refractivity contribution in [1.29, 1.82) is 0 Å². The van der Waals surface area contributed by atoms with Crippen molar-refractivity contribution >= 4 is 29.0 Å². The fraction of sp³-hybridized carbons (Fsp3) is 0.240. The van der Waals surface area contributed by atoms with Gasteiger partial charge in [0.1, 0.15) is 25.1 Å². The zero-order valence-electron chi connectivity index (χ0n) is 20.6. The molecule has 0 spiro atoms. The maximum absolute atomic E-state index is 13.4. The first-order chi connectivity index (χ1) is 17.4. The summed E-state index contributed by atoms with van der Waals surface area (Å²) in [5, 5.41) is 13.4. The lowest BCUT2D eigenvalue weighted by Gasteiger charge is -2.14. The van der Waals surface area contributed by atoms with Crippen molar-refractivity contribution < 1.29 is 9.18 Å². The van der Waals surface area contributed by atoms with Crippen LogP contribution in [0.3, 0.4) is 0 Å². The van der Waals surface area contributed by atoms with Gasteiger partial charge in [-0.2, -0.15) is 14.8 Å². The zero-order chi connectivity index (χ0) is 25.7. The summed E-state index contributed by atoms with van der Waals surface area (Å²) < 4.78 is 14.9. The number of carbonyl (C=O) groups excluding carboxylic acids is 1. The number of rotatable bonds is 9. The van der Waals surface area contributed by atoms with Gasteiger partial charge in [0.2, 0.25) is 5.95 Å². The molecule has 0 radical (unpaired) electrons. The fourth-order valence-corrected chi connectivity index (χ4v) is 3.68. The Kier molecular flexibility index (Phi) is 7.50. The number of alkyl halides is 1. The number of hydrogen-bond acceptors (Lipinski definition) is 8. The minimum atomic E-state index is -0.606. The summed E-state index contributed by atoms with van der Waals surface area (Å²) in [7, 11) is 5.64. The summed E-state index contributed by atoms with van der Waals surface area (Å²) in [5.41, 5.74) is 4.01. The lowest BCUT2D eigenvalue weighted by molar-refractivity contribution is 0.102. The van der Waals surface area contributed by atoms with E-state index in [0.717, 1.165) is 11.1 Å². The van der Waals surface area contributed by atoms with E-state index in [0.29, 0.717) is 46.6 Å². The second-order valence-electron chi connectivity index (χ2n) is 8.53. The fourth-order valence-electron chi connectivity index (χ4n) is 3.68. The lowest BCUT2D eigenvalue weighted by Crippen LogP contribution is -2.15. The standard InChI is InChI=1S/C25H28FN9O/c1-16-5-6-19(24(36)32-20-8-17(12-26)7-18(9-20)13-34(3)4)10-21(16)33-25-30-15-31-35(25)23-11-22(27-2)28-14-29-23/h5-11,14-15H,12-13H2,1-4H3,(H,32,36)(H,27,28,29)(H,30,31,33). The molecule has 4 aromatic rings. The maximum atomic E-state index is 13.4.